The number of carboxylic acids is 1. The van der Waals surface area contributed by atoms with Crippen molar-refractivity contribution in [1.82, 2.24) is 5.32 Å². The largest absolute Gasteiger partial charge is 0.507 e. The summed E-state index contributed by atoms with van der Waals surface area (Å²) in [5, 5.41) is 23.1. The highest BCUT2D eigenvalue weighted by molar-refractivity contribution is 8.06. The monoisotopic (exact) mass is 467 g/mol. The predicted molar refractivity (Wildman–Crippen MR) is 131 cm³/mol. The lowest BCUT2D eigenvalue weighted by atomic mass is 10.0. The molecule has 0 radical (unpaired) electrons. The molecule has 0 unspecified atom stereocenters. The Morgan fingerprint density at radius 1 is 1.21 bits per heavy atom. The van der Waals surface area contributed by atoms with Gasteiger partial charge in [-0.1, -0.05) is 31.2 Å². The van der Waals surface area contributed by atoms with E-state index < -0.39 is 5.97 Å². The predicted octanol–water partition coefficient (Wildman–Crippen LogP) is 5.62. The zero-order valence-corrected chi connectivity index (χ0v) is 19.9. The van der Waals surface area contributed by atoms with E-state index in [0.717, 1.165) is 40.3 Å². The normalized spacial score (nSPS) is 15.8. The van der Waals surface area contributed by atoms with Gasteiger partial charge < -0.3 is 20.3 Å². The highest BCUT2D eigenvalue weighted by Gasteiger charge is 2.17. The second kappa shape index (κ2) is 11.1. The van der Waals surface area contributed by atoms with Gasteiger partial charge in [-0.25, -0.2) is 4.79 Å². The fraction of sp³-hybridized carbons (Fsp3) is 0.308. The van der Waals surface area contributed by atoms with Gasteiger partial charge in [0.1, 0.15) is 18.1 Å². The highest BCUT2D eigenvalue weighted by Crippen LogP contribution is 2.36. The fourth-order valence-corrected chi connectivity index (χ4v) is 4.68. The first kappa shape index (κ1) is 24.5. The number of allylic oxidation sites excluding steroid dienone is 4. The molecule has 0 amide bonds. The molecule has 0 atom stereocenters. The van der Waals surface area contributed by atoms with Gasteiger partial charge in [0, 0.05) is 22.4 Å². The van der Waals surface area contributed by atoms with Gasteiger partial charge in [0.2, 0.25) is 0 Å². The van der Waals surface area contributed by atoms with E-state index in [-0.39, 0.29) is 17.1 Å². The number of ether oxygens (including phenoxy) is 1. The summed E-state index contributed by atoms with van der Waals surface area (Å²) in [6, 6.07) is 3.35. The van der Waals surface area contributed by atoms with Crippen LogP contribution < -0.4 is 10.1 Å². The Balaban J connectivity index is 1.73. The third kappa shape index (κ3) is 6.42. The molecule has 0 saturated carbocycles. The van der Waals surface area contributed by atoms with Gasteiger partial charge in [-0.15, -0.1) is 0 Å². The minimum absolute atomic E-state index is 0.00369. The Labute approximate surface area is 198 Å². The number of aliphatic carboxylic acids is 1. The Morgan fingerprint density at radius 2 is 2.00 bits per heavy atom. The van der Waals surface area contributed by atoms with Gasteiger partial charge in [-0.2, -0.15) is 0 Å². The van der Waals surface area contributed by atoms with E-state index in [1.54, 1.807) is 24.3 Å². The number of nitrogens with one attached hydrogen (secondary N) is 1. The first-order valence-electron chi connectivity index (χ1n) is 10.9. The first-order valence-corrected chi connectivity index (χ1v) is 11.8. The van der Waals surface area contributed by atoms with Gasteiger partial charge in [-0.3, -0.25) is 4.79 Å². The molecule has 33 heavy (non-hydrogen) atoms. The SMILES string of the molecule is CCCc1c(OCC2=CCCC(SC3=CNC(C)=CC(C(=O)O)=C3)=C2)ccc(C(C)=O)c1O. The molecule has 1 aromatic carbocycles. The van der Waals surface area contributed by atoms with Crippen LogP contribution in [-0.2, 0) is 11.2 Å². The molecule has 1 aliphatic carbocycles. The van der Waals surface area contributed by atoms with E-state index in [4.69, 9.17) is 4.74 Å². The Bertz CT molecular complexity index is 1110. The summed E-state index contributed by atoms with van der Waals surface area (Å²) in [7, 11) is 0. The molecular formula is C26H29NO5S. The number of Topliss-reactive ketones (excluding diaryl/α,β-unsaturated/α-hetero) is 1. The number of carbonyl (C=O) groups is 2. The van der Waals surface area contributed by atoms with Crippen LogP contribution in [0, 0.1) is 0 Å². The Kier molecular flexibility index (Phi) is 8.22. The number of ketones is 1. The topological polar surface area (TPSA) is 95.9 Å². The van der Waals surface area contributed by atoms with E-state index in [1.807, 2.05) is 20.0 Å². The molecule has 174 valence electrons. The number of phenolic OH excluding ortho intramolecular Hbond substituents is 1. The van der Waals surface area contributed by atoms with Crippen LogP contribution >= 0.6 is 11.8 Å². The lowest BCUT2D eigenvalue weighted by Crippen LogP contribution is -2.06. The van der Waals surface area contributed by atoms with Crippen LogP contribution in [0.5, 0.6) is 11.5 Å². The zero-order chi connectivity index (χ0) is 24.0. The van der Waals surface area contributed by atoms with Gasteiger partial charge in [-0.05, 0) is 73.9 Å². The standard InChI is InChI=1S/C26H29NO5S/c1-4-6-23-24(10-9-22(17(3)28)25(23)29)32-15-18-7-5-8-20(12-18)33-21-13-19(26(30)31)11-16(2)27-14-21/h7,9-14,27,29H,4-6,8,15H2,1-3H3,(H,30,31). The average molecular weight is 468 g/mol. The molecular weight excluding hydrogens is 438 g/mol. The molecule has 0 saturated heterocycles. The van der Waals surface area contributed by atoms with Gasteiger partial charge in [0.25, 0.3) is 0 Å². The van der Waals surface area contributed by atoms with Gasteiger partial charge in [0.05, 0.1) is 11.1 Å². The zero-order valence-electron chi connectivity index (χ0n) is 19.1. The van der Waals surface area contributed by atoms with E-state index in [2.05, 4.69) is 17.5 Å². The molecule has 1 aromatic rings. The van der Waals surface area contributed by atoms with Crippen LogP contribution in [-0.4, -0.2) is 28.6 Å². The summed E-state index contributed by atoms with van der Waals surface area (Å²) < 4.78 is 6.05. The number of phenols is 1. The molecule has 3 N–H and O–H groups in total. The smallest absolute Gasteiger partial charge is 0.335 e. The molecule has 1 heterocycles. The first-order chi connectivity index (χ1) is 15.8. The summed E-state index contributed by atoms with van der Waals surface area (Å²) >= 11 is 1.54. The summed E-state index contributed by atoms with van der Waals surface area (Å²) in [5.41, 5.74) is 2.99. The second-order valence-electron chi connectivity index (χ2n) is 7.99. The van der Waals surface area contributed by atoms with Gasteiger partial charge >= 0.3 is 5.97 Å². The molecule has 7 heteroatoms. The van der Waals surface area contributed by atoms with Crippen molar-refractivity contribution in [2.45, 2.75) is 46.5 Å². The minimum Gasteiger partial charge on any atom is -0.507 e. The maximum atomic E-state index is 11.8. The van der Waals surface area contributed by atoms with Crippen LogP contribution in [0.4, 0.5) is 0 Å². The third-order valence-electron chi connectivity index (χ3n) is 5.26. The Hall–Kier alpha value is -3.19. The lowest BCUT2D eigenvalue weighted by molar-refractivity contribution is -0.132. The lowest BCUT2D eigenvalue weighted by Gasteiger charge is -2.17. The number of carbonyl (C=O) groups excluding carboxylic acids is 1. The summed E-state index contributed by atoms with van der Waals surface area (Å²) in [5.74, 6) is -0.550. The van der Waals surface area contributed by atoms with Crippen molar-refractivity contribution in [3.8, 4) is 11.5 Å². The Morgan fingerprint density at radius 3 is 2.70 bits per heavy atom. The van der Waals surface area contributed by atoms with Crippen molar-refractivity contribution in [2.75, 3.05) is 6.61 Å². The summed E-state index contributed by atoms with van der Waals surface area (Å²) in [6.07, 6.45) is 12.4. The number of rotatable bonds is 9. The molecule has 6 nitrogen and oxygen atoms in total. The fourth-order valence-electron chi connectivity index (χ4n) is 3.64. The molecule has 0 spiro atoms. The number of benzene rings is 1. The quantitative estimate of drug-likeness (QED) is 0.406. The number of thioether (sulfide) groups is 1. The number of aromatic hydroxyl groups is 1. The van der Waals surface area contributed by atoms with Crippen molar-refractivity contribution >= 4 is 23.5 Å². The van der Waals surface area contributed by atoms with Crippen LogP contribution in [0.2, 0.25) is 0 Å². The van der Waals surface area contributed by atoms with Gasteiger partial charge in [0.15, 0.2) is 5.78 Å². The molecule has 1 aliphatic heterocycles. The van der Waals surface area contributed by atoms with Crippen LogP contribution in [0.3, 0.4) is 0 Å². The van der Waals surface area contributed by atoms with Crippen LogP contribution in [0.25, 0.3) is 0 Å². The van der Waals surface area contributed by atoms with Crippen molar-refractivity contribution < 1.29 is 24.5 Å². The van der Waals surface area contributed by atoms with E-state index in [1.165, 1.54) is 18.7 Å². The van der Waals surface area contributed by atoms with Crippen molar-refractivity contribution in [2.24, 2.45) is 0 Å². The molecule has 0 fully saturated rings. The van der Waals surface area contributed by atoms with Crippen molar-refractivity contribution in [3.05, 3.63) is 80.4 Å². The van der Waals surface area contributed by atoms with Crippen molar-refractivity contribution in [1.29, 1.82) is 0 Å². The minimum atomic E-state index is -0.960. The maximum Gasteiger partial charge on any atom is 0.335 e. The highest BCUT2D eigenvalue weighted by atomic mass is 32.2. The second-order valence-corrected chi connectivity index (χ2v) is 9.19. The summed E-state index contributed by atoms with van der Waals surface area (Å²) in [6.45, 7) is 5.62. The molecule has 2 aliphatic rings. The molecule has 0 aromatic heterocycles. The maximum absolute atomic E-state index is 11.8. The number of hydrogen-bond donors (Lipinski definition) is 3. The van der Waals surface area contributed by atoms with Crippen LogP contribution in [0.1, 0.15) is 56.0 Å². The molecule has 3 rings (SSSR count). The van der Waals surface area contributed by atoms with E-state index >= 15 is 0 Å². The average Bonchev–Trinajstić information content (AvgIpc) is 2.96. The van der Waals surface area contributed by atoms with Crippen molar-refractivity contribution in [3.63, 3.8) is 0 Å². The van der Waals surface area contributed by atoms with E-state index in [0.29, 0.717) is 29.9 Å². The number of carboxylic acid groups (broad SMARTS) is 1. The molecule has 0 bridgehead atoms. The van der Waals surface area contributed by atoms with E-state index in [9.17, 15) is 19.8 Å². The third-order valence-corrected chi connectivity index (χ3v) is 6.32. The summed E-state index contributed by atoms with van der Waals surface area (Å²) in [4.78, 5) is 25.2. The number of hydrogen-bond acceptors (Lipinski definition) is 6. The van der Waals surface area contributed by atoms with Crippen LogP contribution in [0.15, 0.2) is 69.3 Å².